The Hall–Kier alpha value is -3.67. The molecule has 0 aliphatic carbocycles. The Morgan fingerprint density at radius 3 is 1.69 bits per heavy atom. The van der Waals surface area contributed by atoms with Gasteiger partial charge in [0.25, 0.3) is 0 Å². The highest BCUT2D eigenvalue weighted by Crippen LogP contribution is 2.36. The summed E-state index contributed by atoms with van der Waals surface area (Å²) in [7, 11) is 0. The summed E-state index contributed by atoms with van der Waals surface area (Å²) in [5.41, 5.74) is 3.40. The highest BCUT2D eigenvalue weighted by atomic mass is 16.4. The molecule has 0 atom stereocenters. The predicted molar refractivity (Wildman–Crippen MR) is 108 cm³/mol. The molecule has 0 aromatic heterocycles. The van der Waals surface area contributed by atoms with E-state index in [9.17, 15) is 25.2 Å². The van der Waals surface area contributed by atoms with Crippen LogP contribution in [0.25, 0.3) is 0 Å². The van der Waals surface area contributed by atoms with E-state index in [-0.39, 0.29) is 22.8 Å². The lowest BCUT2D eigenvalue weighted by atomic mass is 9.97. The maximum atomic E-state index is 10.9. The fourth-order valence-corrected chi connectivity index (χ4v) is 3.23. The van der Waals surface area contributed by atoms with Gasteiger partial charge < -0.3 is 25.5 Å². The number of phenolic OH excluding ortho intramolecular Hbond substituents is 4. The van der Waals surface area contributed by atoms with Gasteiger partial charge in [-0.3, -0.25) is 0 Å². The van der Waals surface area contributed by atoms with Crippen molar-refractivity contribution >= 4 is 5.97 Å². The summed E-state index contributed by atoms with van der Waals surface area (Å²) in [6.45, 7) is 0. The molecule has 0 aliphatic rings. The van der Waals surface area contributed by atoms with Gasteiger partial charge in [0.15, 0.2) is 17.2 Å². The zero-order valence-corrected chi connectivity index (χ0v) is 15.7. The van der Waals surface area contributed by atoms with Gasteiger partial charge in [0, 0.05) is 0 Å². The average molecular weight is 394 g/mol. The molecule has 0 saturated carbocycles. The number of carbonyl (C=O) groups is 1. The molecule has 5 N–H and O–H groups in total. The van der Waals surface area contributed by atoms with Gasteiger partial charge in [-0.1, -0.05) is 30.3 Å². The minimum atomic E-state index is -0.961. The zero-order valence-electron chi connectivity index (χ0n) is 15.7. The van der Waals surface area contributed by atoms with Crippen molar-refractivity contribution in [1.29, 1.82) is 0 Å². The number of carboxylic acid groups (broad SMARTS) is 1. The molecule has 6 heteroatoms. The summed E-state index contributed by atoms with van der Waals surface area (Å²) in [6.07, 6.45) is 2.23. The van der Waals surface area contributed by atoms with Crippen molar-refractivity contribution < 1.29 is 30.3 Å². The normalized spacial score (nSPS) is 10.8. The van der Waals surface area contributed by atoms with Gasteiger partial charge in [-0.05, 0) is 72.2 Å². The van der Waals surface area contributed by atoms with Crippen LogP contribution in [-0.2, 0) is 25.7 Å². The molecule has 0 amide bonds. The van der Waals surface area contributed by atoms with Crippen LogP contribution < -0.4 is 0 Å². The summed E-state index contributed by atoms with van der Waals surface area (Å²) in [6, 6.07) is 15.0. The standard InChI is InChI=1S/C23H22O6/c24-19-12-15(13-20(25)22(19)27)7-9-17-3-1-2-16(21(17)26)8-4-14-5-10-18(11-6-14)23(28)29/h1-3,5-6,10-13,24-27H,4,7-9H2,(H,28,29). The van der Waals surface area contributed by atoms with Gasteiger partial charge >= 0.3 is 5.97 Å². The first-order chi connectivity index (χ1) is 13.8. The lowest BCUT2D eigenvalue weighted by Gasteiger charge is -2.11. The molecule has 0 unspecified atom stereocenters. The molecule has 3 aromatic carbocycles. The summed E-state index contributed by atoms with van der Waals surface area (Å²) in [5.74, 6) is -2.06. The second-order valence-corrected chi connectivity index (χ2v) is 6.91. The Labute approximate surface area is 168 Å². The Bertz CT molecular complexity index is 1000. The molecule has 0 heterocycles. The van der Waals surface area contributed by atoms with Crippen molar-refractivity contribution in [3.05, 3.63) is 82.4 Å². The molecule has 29 heavy (non-hydrogen) atoms. The smallest absolute Gasteiger partial charge is 0.335 e. The Morgan fingerprint density at radius 1 is 0.655 bits per heavy atom. The third kappa shape index (κ3) is 4.79. The fourth-order valence-electron chi connectivity index (χ4n) is 3.23. The van der Waals surface area contributed by atoms with Crippen molar-refractivity contribution in [2.24, 2.45) is 0 Å². The largest absolute Gasteiger partial charge is 0.507 e. The van der Waals surface area contributed by atoms with E-state index in [1.54, 1.807) is 24.3 Å². The number of aromatic carboxylic acids is 1. The number of carboxylic acids is 1. The highest BCUT2D eigenvalue weighted by molar-refractivity contribution is 5.87. The summed E-state index contributed by atoms with van der Waals surface area (Å²) in [4.78, 5) is 10.9. The zero-order chi connectivity index (χ0) is 21.0. The summed E-state index contributed by atoms with van der Waals surface area (Å²) in [5, 5.41) is 48.2. The second kappa shape index (κ2) is 8.56. The molecule has 0 fully saturated rings. The van der Waals surface area contributed by atoms with Gasteiger partial charge in [0.05, 0.1) is 5.56 Å². The molecule has 3 rings (SSSR count). The third-order valence-electron chi connectivity index (χ3n) is 4.90. The fraction of sp³-hybridized carbons (Fsp3) is 0.174. The van der Waals surface area contributed by atoms with Crippen molar-refractivity contribution in [2.45, 2.75) is 25.7 Å². The summed E-state index contributed by atoms with van der Waals surface area (Å²) < 4.78 is 0. The van der Waals surface area contributed by atoms with E-state index in [0.717, 1.165) is 16.7 Å². The van der Waals surface area contributed by atoms with E-state index < -0.39 is 11.7 Å². The molecular weight excluding hydrogens is 372 g/mol. The highest BCUT2D eigenvalue weighted by Gasteiger charge is 2.11. The number of phenols is 4. The molecule has 0 spiro atoms. The first-order valence-corrected chi connectivity index (χ1v) is 9.21. The number of benzene rings is 3. The number of para-hydroxylation sites is 1. The van der Waals surface area contributed by atoms with Gasteiger partial charge in [0.2, 0.25) is 0 Å². The number of hydrogen-bond acceptors (Lipinski definition) is 5. The summed E-state index contributed by atoms with van der Waals surface area (Å²) >= 11 is 0. The van der Waals surface area contributed by atoms with Crippen molar-refractivity contribution in [1.82, 2.24) is 0 Å². The van der Waals surface area contributed by atoms with Crippen molar-refractivity contribution in [3.63, 3.8) is 0 Å². The van der Waals surface area contributed by atoms with E-state index >= 15 is 0 Å². The van der Waals surface area contributed by atoms with E-state index in [4.69, 9.17) is 5.11 Å². The molecule has 3 aromatic rings. The molecule has 0 bridgehead atoms. The van der Waals surface area contributed by atoms with Crippen LogP contribution in [0.2, 0.25) is 0 Å². The van der Waals surface area contributed by atoms with E-state index in [2.05, 4.69) is 0 Å². The average Bonchev–Trinajstić information content (AvgIpc) is 2.70. The quantitative estimate of drug-likeness (QED) is 0.389. The topological polar surface area (TPSA) is 118 Å². The lowest BCUT2D eigenvalue weighted by molar-refractivity contribution is 0.0697. The van der Waals surface area contributed by atoms with Crippen molar-refractivity contribution in [3.8, 4) is 23.0 Å². The lowest BCUT2D eigenvalue weighted by Crippen LogP contribution is -1.98. The monoisotopic (exact) mass is 394 g/mol. The SMILES string of the molecule is O=C(O)c1ccc(CCc2cccc(CCc3cc(O)c(O)c(O)c3)c2O)cc1. The third-order valence-corrected chi connectivity index (χ3v) is 4.90. The van der Waals surface area contributed by atoms with Crippen LogP contribution in [0.1, 0.15) is 32.6 Å². The molecule has 0 saturated heterocycles. The van der Waals surface area contributed by atoms with Crippen molar-refractivity contribution in [2.75, 3.05) is 0 Å². The molecule has 0 radical (unpaired) electrons. The first-order valence-electron chi connectivity index (χ1n) is 9.21. The van der Waals surface area contributed by atoms with Crippen LogP contribution in [0.15, 0.2) is 54.6 Å². The maximum absolute atomic E-state index is 10.9. The number of rotatable bonds is 7. The van der Waals surface area contributed by atoms with Gasteiger partial charge in [0.1, 0.15) is 5.75 Å². The second-order valence-electron chi connectivity index (χ2n) is 6.91. The van der Waals surface area contributed by atoms with E-state index in [0.29, 0.717) is 31.2 Å². The Balaban J connectivity index is 1.67. The van der Waals surface area contributed by atoms with Crippen LogP contribution in [0, 0.1) is 0 Å². The van der Waals surface area contributed by atoms with Gasteiger partial charge in [-0.15, -0.1) is 0 Å². The van der Waals surface area contributed by atoms with Crippen LogP contribution >= 0.6 is 0 Å². The number of aromatic hydroxyl groups is 4. The minimum absolute atomic E-state index is 0.210. The molecule has 150 valence electrons. The molecule has 0 aliphatic heterocycles. The molecular formula is C23H22O6. The van der Waals surface area contributed by atoms with E-state index in [1.807, 2.05) is 18.2 Å². The van der Waals surface area contributed by atoms with Crippen LogP contribution in [-0.4, -0.2) is 31.5 Å². The van der Waals surface area contributed by atoms with Gasteiger partial charge in [-0.25, -0.2) is 4.79 Å². The van der Waals surface area contributed by atoms with E-state index in [1.165, 1.54) is 12.1 Å². The number of hydrogen-bond donors (Lipinski definition) is 5. The first kappa shape index (κ1) is 20.1. The predicted octanol–water partition coefficient (Wildman–Crippen LogP) is 3.78. The molecule has 6 nitrogen and oxygen atoms in total. The van der Waals surface area contributed by atoms with Gasteiger partial charge in [-0.2, -0.15) is 0 Å². The van der Waals surface area contributed by atoms with Crippen LogP contribution in [0.3, 0.4) is 0 Å². The Kier molecular flexibility index (Phi) is 5.93. The van der Waals surface area contributed by atoms with Crippen LogP contribution in [0.5, 0.6) is 23.0 Å². The van der Waals surface area contributed by atoms with Crippen LogP contribution in [0.4, 0.5) is 0 Å². The number of aryl methyl sites for hydroxylation is 4. The Morgan fingerprint density at radius 2 is 1.17 bits per heavy atom. The minimum Gasteiger partial charge on any atom is -0.507 e. The maximum Gasteiger partial charge on any atom is 0.335 e.